The zero-order chi connectivity index (χ0) is 42.4. The minimum Gasteiger partial charge on any atom is 2.00 e. The number of benzene rings is 4. The van der Waals surface area contributed by atoms with E-state index in [0.717, 1.165) is 33.6 Å². The van der Waals surface area contributed by atoms with Crippen LogP contribution in [0.5, 0.6) is 11.5 Å². The molecule has 0 atom stereocenters. The van der Waals surface area contributed by atoms with Gasteiger partial charge in [0, 0.05) is 6.20 Å². The first-order valence-corrected chi connectivity index (χ1v) is 30.8. The van der Waals surface area contributed by atoms with Crippen LogP contribution in [0.3, 0.4) is 0 Å². The standard InChI is InChI=1S/C53H64GeN2OSi.Pt/c1-35(2)47-17-16-18-48(36(3)4)51(47)37-23-25-55-49(31-37)38-27-40(52(5,6)7)32-44(29-38)57-45-30-39(28-41(33-45)53(8,9)10)50-34-43(24-26-56-50)54(11,12)42-19-21-46(22-20-42)58(13,14)15;/h16-28,31-36H,1-15H3;/q-2;+2. The first kappa shape index (κ1) is 46.5. The molecule has 4 aromatic carbocycles. The van der Waals surface area contributed by atoms with Gasteiger partial charge in [0.05, 0.1) is 0 Å². The van der Waals surface area contributed by atoms with Crippen LogP contribution in [-0.4, -0.2) is 31.3 Å². The summed E-state index contributed by atoms with van der Waals surface area (Å²) >= 11 is -2.64. The second kappa shape index (κ2) is 17.8. The second-order valence-corrected chi connectivity index (χ2v) is 34.6. The van der Waals surface area contributed by atoms with Gasteiger partial charge in [-0.3, -0.25) is 0 Å². The van der Waals surface area contributed by atoms with Gasteiger partial charge >= 0.3 is 285 Å². The topological polar surface area (TPSA) is 35.0 Å². The number of ether oxygens (including phenoxy) is 1. The fraction of sp³-hybridized carbons (Fsp3) is 0.358. The van der Waals surface area contributed by atoms with Gasteiger partial charge in [-0.2, -0.15) is 0 Å². The van der Waals surface area contributed by atoms with Crippen LogP contribution in [0, 0.1) is 12.1 Å². The molecule has 0 radical (unpaired) electrons. The monoisotopic (exact) mass is 1040 g/mol. The van der Waals surface area contributed by atoms with Crippen molar-refractivity contribution in [1.29, 1.82) is 0 Å². The number of hydrogen-bond donors (Lipinski definition) is 0. The molecule has 0 saturated heterocycles. The summed E-state index contributed by atoms with van der Waals surface area (Å²) in [7, 11) is -1.37. The number of hydrogen-bond acceptors (Lipinski definition) is 3. The molecule has 2 heterocycles. The summed E-state index contributed by atoms with van der Waals surface area (Å²) < 4.78 is 9.71. The molecule has 0 amide bonds. The molecule has 0 N–H and O–H groups in total. The molecule has 0 fully saturated rings. The molecular formula is C53H64GeN2OPtSi. The number of aromatic nitrogens is 2. The van der Waals surface area contributed by atoms with Gasteiger partial charge in [-0.15, -0.1) is 0 Å². The van der Waals surface area contributed by atoms with Crippen molar-refractivity contribution < 1.29 is 25.8 Å². The van der Waals surface area contributed by atoms with Crippen LogP contribution in [0.25, 0.3) is 33.6 Å². The number of rotatable bonds is 10. The Morgan fingerprint density at radius 3 is 1.53 bits per heavy atom. The summed E-state index contributed by atoms with van der Waals surface area (Å²) in [5.74, 6) is 7.06. The van der Waals surface area contributed by atoms with E-state index in [2.05, 4.69) is 204 Å². The van der Waals surface area contributed by atoms with E-state index in [1.54, 1.807) is 0 Å². The maximum atomic E-state index is 6.84. The van der Waals surface area contributed by atoms with Gasteiger partial charge in [-0.25, -0.2) is 0 Å². The van der Waals surface area contributed by atoms with E-state index in [9.17, 15) is 0 Å². The Morgan fingerprint density at radius 1 is 0.593 bits per heavy atom. The van der Waals surface area contributed by atoms with Gasteiger partial charge < -0.3 is 0 Å². The molecule has 2 aromatic heterocycles. The van der Waals surface area contributed by atoms with Crippen molar-refractivity contribution in [3.8, 4) is 45.1 Å². The third-order valence-corrected chi connectivity index (χ3v) is 21.0. The molecule has 3 nitrogen and oxygen atoms in total. The molecule has 6 rings (SSSR count). The normalized spacial score (nSPS) is 12.5. The van der Waals surface area contributed by atoms with Gasteiger partial charge in [0.15, 0.2) is 0 Å². The predicted octanol–water partition coefficient (Wildman–Crippen LogP) is 13.1. The summed E-state index contributed by atoms with van der Waals surface area (Å²) in [6, 6.07) is 41.2. The van der Waals surface area contributed by atoms with E-state index in [1.807, 2.05) is 12.4 Å². The molecule has 0 bridgehead atoms. The minimum absolute atomic E-state index is 0. The maximum absolute atomic E-state index is 6.84. The van der Waals surface area contributed by atoms with Crippen molar-refractivity contribution in [1.82, 2.24) is 9.97 Å². The van der Waals surface area contributed by atoms with Crippen LogP contribution >= 0.6 is 0 Å². The van der Waals surface area contributed by atoms with Gasteiger partial charge in [-0.1, -0.05) is 45.9 Å². The van der Waals surface area contributed by atoms with E-state index < -0.39 is 21.3 Å². The fourth-order valence-corrected chi connectivity index (χ4v) is 13.6. The predicted molar refractivity (Wildman–Crippen MR) is 254 cm³/mol. The fourth-order valence-electron chi connectivity index (χ4n) is 7.59. The zero-order valence-corrected chi connectivity index (χ0v) is 43.5. The van der Waals surface area contributed by atoms with E-state index in [1.165, 1.54) is 36.2 Å². The van der Waals surface area contributed by atoms with Crippen molar-refractivity contribution in [2.75, 3.05) is 0 Å². The van der Waals surface area contributed by atoms with Gasteiger partial charge in [-0.05, 0) is 40.2 Å². The van der Waals surface area contributed by atoms with Crippen molar-refractivity contribution in [3.63, 3.8) is 0 Å². The molecule has 0 aliphatic heterocycles. The summed E-state index contributed by atoms with van der Waals surface area (Å²) in [6.45, 7) is 29.8. The molecule has 59 heavy (non-hydrogen) atoms. The molecule has 0 saturated carbocycles. The average Bonchev–Trinajstić information content (AvgIpc) is 3.16. The van der Waals surface area contributed by atoms with E-state index >= 15 is 0 Å². The van der Waals surface area contributed by atoms with E-state index in [0.29, 0.717) is 23.3 Å². The first-order valence-electron chi connectivity index (χ1n) is 21.0. The number of nitrogens with zero attached hydrogens (tertiary/aromatic N) is 2. The average molecular weight is 1040 g/mol. The van der Waals surface area contributed by atoms with Crippen LogP contribution in [0.15, 0.2) is 103 Å². The zero-order valence-electron chi connectivity index (χ0n) is 38.1. The van der Waals surface area contributed by atoms with Crippen LogP contribution in [0.4, 0.5) is 0 Å². The summed E-state index contributed by atoms with van der Waals surface area (Å²) in [5.41, 5.74) is 10.9. The van der Waals surface area contributed by atoms with Crippen molar-refractivity contribution >= 4 is 35.3 Å². The smallest absolute Gasteiger partial charge is 2.00 e. The molecular weight excluding hydrogens is 976 g/mol. The molecule has 6 aromatic rings. The summed E-state index contributed by atoms with van der Waals surface area (Å²) in [6.07, 6.45) is 3.91. The van der Waals surface area contributed by atoms with Crippen LogP contribution in [0.2, 0.25) is 31.2 Å². The van der Waals surface area contributed by atoms with Crippen LogP contribution in [0.1, 0.15) is 103 Å². The minimum atomic E-state index is -2.64. The van der Waals surface area contributed by atoms with Crippen molar-refractivity contribution in [2.24, 2.45) is 0 Å². The van der Waals surface area contributed by atoms with Gasteiger partial charge in [0.25, 0.3) is 0 Å². The summed E-state index contributed by atoms with van der Waals surface area (Å²) in [5, 5.41) is 1.50. The Balaban J connectivity index is 0.00000661. The Morgan fingerprint density at radius 2 is 1.07 bits per heavy atom. The van der Waals surface area contributed by atoms with E-state index in [4.69, 9.17) is 14.7 Å². The Hall–Kier alpha value is -3.57. The summed E-state index contributed by atoms with van der Waals surface area (Å²) in [4.78, 5) is 9.86. The third kappa shape index (κ3) is 10.7. The van der Waals surface area contributed by atoms with Crippen molar-refractivity contribution in [2.45, 2.75) is 123 Å². The molecule has 0 aliphatic rings. The number of pyridine rings is 2. The van der Waals surface area contributed by atoms with E-state index in [-0.39, 0.29) is 31.9 Å². The van der Waals surface area contributed by atoms with Gasteiger partial charge in [0.2, 0.25) is 0 Å². The van der Waals surface area contributed by atoms with Gasteiger partial charge in [0.1, 0.15) is 0 Å². The molecule has 0 aliphatic carbocycles. The molecule has 0 unspecified atom stereocenters. The third-order valence-electron chi connectivity index (χ3n) is 11.6. The SMILES string of the molecule is CC(C)c1cccc(C(C)C)c1-c1ccnc(-c2[c-]c(Oc3[c-]c(-c4c[c]([Ge]([CH3])([CH3])[c]5ccc([Si](C)(C)C)cc5)ccn4)cc(C(C)(C)C)c3)cc(C(C)(C)C)c2)c1.[Pt+2]. The Kier molecular flexibility index (Phi) is 14.0. The van der Waals surface area contributed by atoms with Crippen molar-refractivity contribution in [3.05, 3.63) is 138 Å². The molecule has 6 heteroatoms. The molecule has 0 spiro atoms. The van der Waals surface area contributed by atoms with Crippen LogP contribution in [-0.2, 0) is 31.9 Å². The second-order valence-electron chi connectivity index (χ2n) is 20.3. The quantitative estimate of drug-likeness (QED) is 0.101. The Labute approximate surface area is 374 Å². The molecule has 310 valence electrons. The van der Waals surface area contributed by atoms with Crippen LogP contribution < -0.4 is 18.7 Å². The first-order chi connectivity index (χ1) is 27.0. The Bertz CT molecular complexity index is 2390.